The molecule has 1 nitrogen and oxygen atoms in total. The minimum atomic E-state index is 0.801. The second-order valence-electron chi connectivity index (χ2n) is 3.61. The fourth-order valence-corrected chi connectivity index (χ4v) is 1.46. The number of benzene rings is 1. The first-order valence-corrected chi connectivity index (χ1v) is 5.60. The third-order valence-electron chi connectivity index (χ3n) is 2.22. The minimum absolute atomic E-state index is 0.801. The van der Waals surface area contributed by atoms with Crippen molar-refractivity contribution in [1.82, 2.24) is 5.32 Å². The molecule has 78 valence electrons. The number of piperidine rings is 1. The quantitative estimate of drug-likeness (QED) is 0.694. The largest absolute Gasteiger partial charge is 0.317 e. The van der Waals surface area contributed by atoms with Crippen LogP contribution in [0.5, 0.6) is 0 Å². The summed E-state index contributed by atoms with van der Waals surface area (Å²) >= 11 is 5.61. The first kappa shape index (κ1) is 11.5. The molecule has 1 heterocycles. The van der Waals surface area contributed by atoms with E-state index in [0.717, 1.165) is 5.02 Å². The fraction of sp³-hybridized carbons (Fsp3) is 0.500. The van der Waals surface area contributed by atoms with Gasteiger partial charge in [0.25, 0.3) is 0 Å². The molecule has 0 unspecified atom stereocenters. The van der Waals surface area contributed by atoms with Crippen LogP contribution in [0.4, 0.5) is 0 Å². The fourth-order valence-electron chi connectivity index (χ4n) is 1.33. The normalized spacial score (nSPS) is 15.6. The summed E-state index contributed by atoms with van der Waals surface area (Å²) in [6, 6.07) is 7.75. The van der Waals surface area contributed by atoms with Gasteiger partial charge in [-0.15, -0.1) is 0 Å². The summed E-state index contributed by atoms with van der Waals surface area (Å²) in [5.74, 6) is 0. The molecule has 1 aromatic carbocycles. The lowest BCUT2D eigenvalue weighted by Gasteiger charge is -2.08. The summed E-state index contributed by atoms with van der Waals surface area (Å²) < 4.78 is 0. The van der Waals surface area contributed by atoms with Crippen molar-refractivity contribution < 1.29 is 0 Å². The van der Waals surface area contributed by atoms with Gasteiger partial charge in [0, 0.05) is 5.02 Å². The van der Waals surface area contributed by atoms with E-state index in [1.165, 1.54) is 37.9 Å². The van der Waals surface area contributed by atoms with Crippen molar-refractivity contribution in [3.05, 3.63) is 34.9 Å². The summed E-state index contributed by atoms with van der Waals surface area (Å²) in [6.45, 7) is 4.54. The van der Waals surface area contributed by atoms with Gasteiger partial charge in [0.2, 0.25) is 0 Å². The molecule has 1 fully saturated rings. The van der Waals surface area contributed by atoms with E-state index in [9.17, 15) is 0 Å². The number of aryl methyl sites for hydroxylation is 1. The zero-order chi connectivity index (χ0) is 10.2. The van der Waals surface area contributed by atoms with Crippen LogP contribution in [-0.4, -0.2) is 13.1 Å². The summed E-state index contributed by atoms with van der Waals surface area (Å²) in [7, 11) is 0. The first-order chi connectivity index (χ1) is 6.79. The molecule has 14 heavy (non-hydrogen) atoms. The molecule has 0 aliphatic carbocycles. The van der Waals surface area contributed by atoms with Crippen molar-refractivity contribution in [2.45, 2.75) is 26.2 Å². The van der Waals surface area contributed by atoms with Gasteiger partial charge in [0.1, 0.15) is 0 Å². The Hall–Kier alpha value is -0.530. The lowest BCUT2D eigenvalue weighted by atomic mass is 10.2. The maximum atomic E-state index is 5.61. The Bertz CT molecular complexity index is 206. The van der Waals surface area contributed by atoms with Crippen LogP contribution in [-0.2, 0) is 0 Å². The molecule has 1 aliphatic rings. The molecule has 1 N–H and O–H groups in total. The van der Waals surface area contributed by atoms with Crippen LogP contribution < -0.4 is 5.32 Å². The van der Waals surface area contributed by atoms with Crippen LogP contribution in [0.15, 0.2) is 24.3 Å². The topological polar surface area (TPSA) is 12.0 Å². The SMILES string of the molecule is C1CCNCC1.Cc1ccc(Cl)cc1. The van der Waals surface area contributed by atoms with E-state index in [2.05, 4.69) is 5.32 Å². The standard InChI is InChI=1S/C7H7Cl.C5H11N/c1-6-2-4-7(8)5-3-6;1-2-4-6-5-3-1/h2-5H,1H3;6H,1-5H2. The Balaban J connectivity index is 0.000000146. The molecule has 0 radical (unpaired) electrons. The Labute approximate surface area is 91.5 Å². The van der Waals surface area contributed by atoms with Crippen LogP contribution >= 0.6 is 11.6 Å². The van der Waals surface area contributed by atoms with Crippen molar-refractivity contribution in [2.75, 3.05) is 13.1 Å². The first-order valence-electron chi connectivity index (χ1n) is 5.22. The Morgan fingerprint density at radius 2 is 1.57 bits per heavy atom. The highest BCUT2D eigenvalue weighted by atomic mass is 35.5. The molecule has 0 amide bonds. The molecule has 0 atom stereocenters. The molecule has 0 bridgehead atoms. The van der Waals surface area contributed by atoms with Gasteiger partial charge in [-0.25, -0.2) is 0 Å². The lowest BCUT2D eigenvalue weighted by Crippen LogP contribution is -2.21. The third kappa shape index (κ3) is 5.25. The Morgan fingerprint density at radius 1 is 1.00 bits per heavy atom. The second kappa shape index (κ2) is 6.86. The van der Waals surface area contributed by atoms with Crippen LogP contribution in [0.1, 0.15) is 24.8 Å². The van der Waals surface area contributed by atoms with Crippen molar-refractivity contribution in [2.24, 2.45) is 0 Å². The lowest BCUT2D eigenvalue weighted by molar-refractivity contribution is 0.520. The molecular formula is C12H18ClN. The average Bonchev–Trinajstić information content (AvgIpc) is 2.26. The number of halogens is 1. The van der Waals surface area contributed by atoms with E-state index < -0.39 is 0 Å². The van der Waals surface area contributed by atoms with Crippen LogP contribution in [0.25, 0.3) is 0 Å². The van der Waals surface area contributed by atoms with E-state index in [4.69, 9.17) is 11.6 Å². The molecule has 0 aromatic heterocycles. The highest BCUT2D eigenvalue weighted by molar-refractivity contribution is 6.30. The van der Waals surface area contributed by atoms with Crippen molar-refractivity contribution in [1.29, 1.82) is 0 Å². The van der Waals surface area contributed by atoms with Gasteiger partial charge in [0.15, 0.2) is 0 Å². The Kier molecular flexibility index (Phi) is 5.65. The van der Waals surface area contributed by atoms with Gasteiger partial charge in [-0.2, -0.15) is 0 Å². The van der Waals surface area contributed by atoms with Gasteiger partial charge in [0.05, 0.1) is 0 Å². The average molecular weight is 212 g/mol. The second-order valence-corrected chi connectivity index (χ2v) is 4.04. The molecule has 1 aliphatic heterocycles. The van der Waals surface area contributed by atoms with Crippen molar-refractivity contribution in [3.63, 3.8) is 0 Å². The predicted molar refractivity (Wildman–Crippen MR) is 62.9 cm³/mol. The van der Waals surface area contributed by atoms with Crippen LogP contribution in [0, 0.1) is 6.92 Å². The van der Waals surface area contributed by atoms with Crippen LogP contribution in [0.3, 0.4) is 0 Å². The maximum absolute atomic E-state index is 5.61. The monoisotopic (exact) mass is 211 g/mol. The predicted octanol–water partition coefficient (Wildman–Crippen LogP) is 3.41. The van der Waals surface area contributed by atoms with Gasteiger partial charge in [-0.1, -0.05) is 35.7 Å². The van der Waals surface area contributed by atoms with Crippen LogP contribution in [0.2, 0.25) is 5.02 Å². The number of hydrogen-bond donors (Lipinski definition) is 1. The summed E-state index contributed by atoms with van der Waals surface area (Å²) in [5.41, 5.74) is 1.24. The molecule has 1 aromatic rings. The Morgan fingerprint density at radius 3 is 1.86 bits per heavy atom. The third-order valence-corrected chi connectivity index (χ3v) is 2.47. The molecule has 0 saturated carbocycles. The van der Waals surface area contributed by atoms with Gasteiger partial charge >= 0.3 is 0 Å². The smallest absolute Gasteiger partial charge is 0.0406 e. The van der Waals surface area contributed by atoms with E-state index >= 15 is 0 Å². The number of rotatable bonds is 0. The van der Waals surface area contributed by atoms with Gasteiger partial charge in [-0.3, -0.25) is 0 Å². The summed E-state index contributed by atoms with van der Waals surface area (Å²) in [4.78, 5) is 0. The number of hydrogen-bond acceptors (Lipinski definition) is 1. The molecule has 0 spiro atoms. The van der Waals surface area contributed by atoms with Crippen molar-refractivity contribution >= 4 is 11.6 Å². The zero-order valence-corrected chi connectivity index (χ0v) is 9.48. The molecule has 2 rings (SSSR count). The van der Waals surface area contributed by atoms with E-state index in [0.29, 0.717) is 0 Å². The highest BCUT2D eigenvalue weighted by Crippen LogP contribution is 2.07. The van der Waals surface area contributed by atoms with E-state index in [-0.39, 0.29) is 0 Å². The van der Waals surface area contributed by atoms with E-state index in [1.807, 2.05) is 31.2 Å². The highest BCUT2D eigenvalue weighted by Gasteiger charge is 1.93. The summed E-state index contributed by atoms with van der Waals surface area (Å²) in [6.07, 6.45) is 4.22. The zero-order valence-electron chi connectivity index (χ0n) is 8.72. The molecule has 1 saturated heterocycles. The maximum Gasteiger partial charge on any atom is 0.0406 e. The van der Waals surface area contributed by atoms with Gasteiger partial charge < -0.3 is 5.32 Å². The summed E-state index contributed by atoms with van der Waals surface area (Å²) in [5, 5.41) is 4.09. The van der Waals surface area contributed by atoms with Crippen molar-refractivity contribution in [3.8, 4) is 0 Å². The minimum Gasteiger partial charge on any atom is -0.317 e. The van der Waals surface area contributed by atoms with E-state index in [1.54, 1.807) is 0 Å². The molecule has 2 heteroatoms. The number of nitrogens with one attached hydrogen (secondary N) is 1. The van der Waals surface area contributed by atoms with Gasteiger partial charge in [-0.05, 0) is 45.0 Å². The molecular weight excluding hydrogens is 194 g/mol.